The van der Waals surface area contributed by atoms with Gasteiger partial charge in [-0.3, -0.25) is 4.79 Å². The summed E-state index contributed by atoms with van der Waals surface area (Å²) in [5.74, 6) is -1.46. The molecule has 3 rings (SSSR count). The lowest BCUT2D eigenvalue weighted by Gasteiger charge is -2.09. The number of nitrogens with zero attached hydrogens (tertiary/aromatic N) is 1. The lowest BCUT2D eigenvalue weighted by atomic mass is 10.2. The van der Waals surface area contributed by atoms with Crippen molar-refractivity contribution in [1.82, 2.24) is 4.98 Å². The maximum absolute atomic E-state index is 13.2. The van der Waals surface area contributed by atoms with Crippen LogP contribution in [0.3, 0.4) is 0 Å². The highest BCUT2D eigenvalue weighted by Gasteiger charge is 2.09. The number of benzene rings is 2. The minimum absolute atomic E-state index is 0.147. The molecule has 0 saturated heterocycles. The fourth-order valence-electron chi connectivity index (χ4n) is 2.27. The van der Waals surface area contributed by atoms with Gasteiger partial charge in [0, 0.05) is 23.6 Å². The number of methoxy groups -OCH3 is 1. The summed E-state index contributed by atoms with van der Waals surface area (Å²) >= 11 is 6.07. The maximum atomic E-state index is 13.2. The molecule has 1 heterocycles. The molecule has 1 amide bonds. The lowest BCUT2D eigenvalue weighted by Crippen LogP contribution is -2.12. The van der Waals surface area contributed by atoms with E-state index in [-0.39, 0.29) is 11.3 Å². The van der Waals surface area contributed by atoms with Crippen LogP contribution in [0.15, 0.2) is 54.7 Å². The standard InChI is InChI=1S/C19H14ClF2N3O2/c1-27-17-6-4-12(8-14(17)20)24-18-7-2-11(10-23-18)19(26)25-13-3-5-15(21)16(22)9-13/h2-10H,1H3,(H,23,24)(H,25,26). The number of halogens is 3. The highest BCUT2D eigenvalue weighted by molar-refractivity contribution is 6.32. The Morgan fingerprint density at radius 2 is 1.81 bits per heavy atom. The first kappa shape index (κ1) is 18.6. The molecule has 0 saturated carbocycles. The highest BCUT2D eigenvalue weighted by Crippen LogP contribution is 2.28. The highest BCUT2D eigenvalue weighted by atomic mass is 35.5. The Kier molecular flexibility index (Phi) is 5.52. The Morgan fingerprint density at radius 3 is 2.44 bits per heavy atom. The second-order valence-electron chi connectivity index (χ2n) is 5.49. The smallest absolute Gasteiger partial charge is 0.257 e. The van der Waals surface area contributed by atoms with E-state index in [0.717, 1.165) is 12.1 Å². The van der Waals surface area contributed by atoms with Gasteiger partial charge in [0.25, 0.3) is 5.91 Å². The van der Waals surface area contributed by atoms with Crippen molar-refractivity contribution in [3.8, 4) is 5.75 Å². The van der Waals surface area contributed by atoms with Gasteiger partial charge in [-0.25, -0.2) is 13.8 Å². The first-order chi connectivity index (χ1) is 13.0. The van der Waals surface area contributed by atoms with E-state index in [9.17, 15) is 13.6 Å². The molecule has 0 spiro atoms. The predicted molar refractivity (Wildman–Crippen MR) is 99.8 cm³/mol. The third-order valence-electron chi connectivity index (χ3n) is 3.63. The van der Waals surface area contributed by atoms with Gasteiger partial charge in [-0.1, -0.05) is 11.6 Å². The van der Waals surface area contributed by atoms with E-state index in [1.54, 1.807) is 30.3 Å². The SMILES string of the molecule is COc1ccc(Nc2ccc(C(=O)Nc3ccc(F)c(F)c3)cn2)cc1Cl. The van der Waals surface area contributed by atoms with Crippen LogP contribution in [-0.4, -0.2) is 18.0 Å². The largest absolute Gasteiger partial charge is 0.495 e. The minimum Gasteiger partial charge on any atom is -0.495 e. The Morgan fingerprint density at radius 1 is 1.04 bits per heavy atom. The van der Waals surface area contributed by atoms with Gasteiger partial charge < -0.3 is 15.4 Å². The van der Waals surface area contributed by atoms with Crippen molar-refractivity contribution in [2.75, 3.05) is 17.7 Å². The number of amides is 1. The fourth-order valence-corrected chi connectivity index (χ4v) is 2.53. The molecule has 138 valence electrons. The van der Waals surface area contributed by atoms with Crippen molar-refractivity contribution in [1.29, 1.82) is 0 Å². The minimum atomic E-state index is -1.04. The molecule has 1 aromatic heterocycles. The summed E-state index contributed by atoms with van der Waals surface area (Å²) in [6.45, 7) is 0. The predicted octanol–water partition coefficient (Wildman–Crippen LogP) is 5.02. The third-order valence-corrected chi connectivity index (χ3v) is 3.92. The normalized spacial score (nSPS) is 10.4. The summed E-state index contributed by atoms with van der Waals surface area (Å²) in [7, 11) is 1.53. The van der Waals surface area contributed by atoms with Crippen LogP contribution in [0.2, 0.25) is 5.02 Å². The van der Waals surface area contributed by atoms with Gasteiger partial charge in [0.2, 0.25) is 0 Å². The second kappa shape index (κ2) is 8.01. The fraction of sp³-hybridized carbons (Fsp3) is 0.0526. The van der Waals surface area contributed by atoms with E-state index >= 15 is 0 Å². The van der Waals surface area contributed by atoms with Crippen LogP contribution in [-0.2, 0) is 0 Å². The Labute approximate surface area is 159 Å². The average molecular weight is 390 g/mol. The van der Waals surface area contributed by atoms with Crippen molar-refractivity contribution in [2.45, 2.75) is 0 Å². The second-order valence-corrected chi connectivity index (χ2v) is 5.90. The molecule has 2 N–H and O–H groups in total. The van der Waals surface area contributed by atoms with Gasteiger partial charge in [-0.15, -0.1) is 0 Å². The molecule has 0 atom stereocenters. The molecule has 0 radical (unpaired) electrons. The monoisotopic (exact) mass is 389 g/mol. The van der Waals surface area contributed by atoms with Gasteiger partial charge >= 0.3 is 0 Å². The van der Waals surface area contributed by atoms with E-state index in [4.69, 9.17) is 16.3 Å². The number of carbonyl (C=O) groups excluding carboxylic acids is 1. The molecule has 3 aromatic rings. The molecular formula is C19H14ClF2N3O2. The molecule has 2 aromatic carbocycles. The molecule has 0 aliphatic rings. The molecule has 27 heavy (non-hydrogen) atoms. The number of hydrogen-bond acceptors (Lipinski definition) is 4. The van der Waals surface area contributed by atoms with Crippen LogP contribution in [0.5, 0.6) is 5.75 Å². The molecule has 5 nitrogen and oxygen atoms in total. The van der Waals surface area contributed by atoms with Gasteiger partial charge in [0.1, 0.15) is 11.6 Å². The maximum Gasteiger partial charge on any atom is 0.257 e. The van der Waals surface area contributed by atoms with E-state index in [1.165, 1.54) is 19.4 Å². The van der Waals surface area contributed by atoms with Crippen molar-refractivity contribution < 1.29 is 18.3 Å². The number of rotatable bonds is 5. The van der Waals surface area contributed by atoms with Crippen LogP contribution in [0.4, 0.5) is 26.0 Å². The van der Waals surface area contributed by atoms with Crippen LogP contribution in [0.1, 0.15) is 10.4 Å². The summed E-state index contributed by atoms with van der Waals surface area (Å²) < 4.78 is 31.2. The van der Waals surface area contributed by atoms with Crippen molar-refractivity contribution in [2.24, 2.45) is 0 Å². The first-order valence-electron chi connectivity index (χ1n) is 7.79. The number of hydrogen-bond donors (Lipinski definition) is 2. The van der Waals surface area contributed by atoms with Crippen LogP contribution < -0.4 is 15.4 Å². The van der Waals surface area contributed by atoms with Crippen molar-refractivity contribution >= 4 is 34.7 Å². The number of aromatic nitrogens is 1. The molecular weight excluding hydrogens is 376 g/mol. The quantitative estimate of drug-likeness (QED) is 0.643. The van der Waals surface area contributed by atoms with E-state index < -0.39 is 17.5 Å². The van der Waals surface area contributed by atoms with E-state index in [0.29, 0.717) is 22.3 Å². The topological polar surface area (TPSA) is 63.2 Å². The summed E-state index contributed by atoms with van der Waals surface area (Å²) in [6, 6.07) is 11.5. The molecule has 8 heteroatoms. The van der Waals surface area contributed by atoms with Crippen molar-refractivity contribution in [3.05, 3.63) is 76.9 Å². The van der Waals surface area contributed by atoms with Gasteiger partial charge in [-0.2, -0.15) is 0 Å². The van der Waals surface area contributed by atoms with Crippen LogP contribution in [0.25, 0.3) is 0 Å². The van der Waals surface area contributed by atoms with Gasteiger partial charge in [0.05, 0.1) is 17.7 Å². The Balaban J connectivity index is 1.68. The summed E-state index contributed by atoms with van der Waals surface area (Å²) in [6.07, 6.45) is 1.36. The Bertz CT molecular complexity index is 981. The molecule has 0 fully saturated rings. The van der Waals surface area contributed by atoms with Crippen molar-refractivity contribution in [3.63, 3.8) is 0 Å². The third kappa shape index (κ3) is 4.51. The van der Waals surface area contributed by atoms with E-state index in [2.05, 4.69) is 15.6 Å². The molecule has 0 aliphatic heterocycles. The number of nitrogens with one attached hydrogen (secondary N) is 2. The zero-order valence-electron chi connectivity index (χ0n) is 14.1. The Hall–Kier alpha value is -3.19. The lowest BCUT2D eigenvalue weighted by molar-refractivity contribution is 0.102. The zero-order valence-corrected chi connectivity index (χ0v) is 14.8. The average Bonchev–Trinajstić information content (AvgIpc) is 2.65. The molecule has 0 bridgehead atoms. The van der Waals surface area contributed by atoms with Gasteiger partial charge in [0.15, 0.2) is 11.6 Å². The first-order valence-corrected chi connectivity index (χ1v) is 8.17. The summed E-state index contributed by atoms with van der Waals surface area (Å²) in [5.41, 5.74) is 1.11. The van der Waals surface area contributed by atoms with E-state index in [1.807, 2.05) is 0 Å². The van der Waals surface area contributed by atoms with Crippen LogP contribution >= 0.6 is 11.6 Å². The van der Waals surface area contributed by atoms with Crippen LogP contribution in [0, 0.1) is 11.6 Å². The number of carbonyl (C=O) groups is 1. The molecule has 0 unspecified atom stereocenters. The molecule has 0 aliphatic carbocycles. The summed E-state index contributed by atoms with van der Waals surface area (Å²) in [4.78, 5) is 16.3. The van der Waals surface area contributed by atoms with Gasteiger partial charge in [-0.05, 0) is 42.5 Å². The zero-order chi connectivity index (χ0) is 19.4. The number of ether oxygens (including phenoxy) is 1. The number of pyridine rings is 1. The number of anilines is 3. The summed E-state index contributed by atoms with van der Waals surface area (Å²) in [5, 5.41) is 5.98.